The molecule has 2 heterocycles. The van der Waals surface area contributed by atoms with Gasteiger partial charge in [-0.3, -0.25) is 0 Å². The molecule has 0 aliphatic heterocycles. The minimum atomic E-state index is 0.550. The average Bonchev–Trinajstić information content (AvgIpc) is 3.76. The second kappa shape index (κ2) is 13.0. The van der Waals surface area contributed by atoms with Gasteiger partial charge in [-0.15, -0.1) is 0 Å². The van der Waals surface area contributed by atoms with Crippen molar-refractivity contribution < 1.29 is 0 Å². The van der Waals surface area contributed by atoms with E-state index in [1.807, 2.05) is 36.4 Å². The van der Waals surface area contributed by atoms with Crippen LogP contribution in [-0.2, 0) is 0 Å². The van der Waals surface area contributed by atoms with Gasteiger partial charge in [0.1, 0.15) is 0 Å². The maximum absolute atomic E-state index is 10.8. The maximum Gasteiger partial charge on any atom is 0.0993 e. The van der Waals surface area contributed by atoms with Crippen LogP contribution in [0.4, 0.5) is 0 Å². The molecular weight excluding hydrogens is 681 g/mol. The largest absolute Gasteiger partial charge is 0.308 e. The summed E-state index contributed by atoms with van der Waals surface area (Å²) >= 11 is 0. The van der Waals surface area contributed by atoms with E-state index in [0.29, 0.717) is 11.1 Å². The molecule has 0 aliphatic carbocycles. The molecule has 0 fully saturated rings. The van der Waals surface area contributed by atoms with E-state index in [2.05, 4.69) is 169 Å². The minimum Gasteiger partial charge on any atom is -0.308 e. The van der Waals surface area contributed by atoms with E-state index in [4.69, 9.17) is 0 Å². The van der Waals surface area contributed by atoms with Gasteiger partial charge in [0.25, 0.3) is 0 Å². The molecule has 0 N–H and O–H groups in total. The number of aromatic nitrogens is 2. The van der Waals surface area contributed by atoms with Gasteiger partial charge in [-0.25, -0.2) is 0 Å². The highest BCUT2D eigenvalue weighted by atomic mass is 15.0. The monoisotopic (exact) mass is 714 g/mol. The van der Waals surface area contributed by atoms with Crippen LogP contribution in [0, 0.1) is 36.5 Å². The van der Waals surface area contributed by atoms with E-state index in [0.717, 1.165) is 88.4 Å². The number of aryl methyl sites for hydroxylation is 2. The fourth-order valence-corrected chi connectivity index (χ4v) is 8.35. The Kier molecular flexibility index (Phi) is 7.66. The number of fused-ring (bicyclic) bond motifs is 6. The first-order chi connectivity index (χ1) is 27.5. The predicted octanol–water partition coefficient (Wildman–Crippen LogP) is 13.2. The Morgan fingerprint density at radius 3 is 1.20 bits per heavy atom. The Hall–Kier alpha value is -7.66. The zero-order valence-electron chi connectivity index (χ0n) is 31.0. The van der Waals surface area contributed by atoms with Gasteiger partial charge in [-0.1, -0.05) is 132 Å². The lowest BCUT2D eigenvalue weighted by Crippen LogP contribution is -2.05. The molecule has 262 valence electrons. The highest BCUT2D eigenvalue weighted by Crippen LogP contribution is 2.44. The van der Waals surface area contributed by atoms with Crippen molar-refractivity contribution in [1.82, 2.24) is 9.13 Å². The highest BCUT2D eigenvalue weighted by molar-refractivity contribution is 6.13. The molecule has 0 unspecified atom stereocenters. The molecule has 4 heteroatoms. The van der Waals surface area contributed by atoms with E-state index in [1.165, 1.54) is 11.1 Å². The molecule has 0 bridgehead atoms. The number of para-hydroxylation sites is 2. The molecule has 8 aromatic carbocycles. The van der Waals surface area contributed by atoms with Gasteiger partial charge >= 0.3 is 0 Å². The molecule has 0 atom stereocenters. The smallest absolute Gasteiger partial charge is 0.0993 e. The zero-order valence-corrected chi connectivity index (χ0v) is 31.0. The standard InChI is InChI=1S/C52H34N4/c1-33-11-17-37(18-12-33)40-23-25-44-42-7-3-5-9-46(42)55(48(44)29-40)50-27-36(32-54)28-51(52(50)39-21-15-35(31-53)16-22-39)56-47-10-6-4-8-43(47)45-26-24-41(30-49(45)56)38-19-13-34(2)14-20-38/h3-30H,1-2H3. The van der Waals surface area contributed by atoms with Gasteiger partial charge in [0.05, 0.1) is 56.7 Å². The van der Waals surface area contributed by atoms with E-state index in [9.17, 15) is 10.5 Å². The third kappa shape index (κ3) is 5.28. The van der Waals surface area contributed by atoms with Crippen LogP contribution in [0.2, 0.25) is 0 Å². The normalized spacial score (nSPS) is 11.4. The summed E-state index contributed by atoms with van der Waals surface area (Å²) < 4.78 is 4.65. The molecule has 0 aliphatic rings. The first-order valence-electron chi connectivity index (χ1n) is 18.8. The van der Waals surface area contributed by atoms with Crippen molar-refractivity contribution in [2.75, 3.05) is 0 Å². The Morgan fingerprint density at radius 1 is 0.357 bits per heavy atom. The van der Waals surface area contributed by atoms with Crippen LogP contribution in [0.25, 0.3) is 88.4 Å². The first-order valence-corrected chi connectivity index (χ1v) is 18.8. The summed E-state index contributed by atoms with van der Waals surface area (Å²) in [6.07, 6.45) is 0. The van der Waals surface area contributed by atoms with Crippen molar-refractivity contribution in [1.29, 1.82) is 10.5 Å². The van der Waals surface area contributed by atoms with Crippen LogP contribution in [0.1, 0.15) is 22.3 Å². The number of rotatable bonds is 5. The molecule has 56 heavy (non-hydrogen) atoms. The van der Waals surface area contributed by atoms with Crippen LogP contribution >= 0.6 is 0 Å². The predicted molar refractivity (Wildman–Crippen MR) is 230 cm³/mol. The number of nitrogens with zero attached hydrogens (tertiary/aromatic N) is 4. The summed E-state index contributed by atoms with van der Waals surface area (Å²) in [6, 6.07) is 64.4. The molecule has 0 saturated heterocycles. The summed E-state index contributed by atoms with van der Waals surface area (Å²) in [5, 5.41) is 25.1. The van der Waals surface area contributed by atoms with Crippen LogP contribution < -0.4 is 0 Å². The van der Waals surface area contributed by atoms with Crippen LogP contribution in [0.15, 0.2) is 170 Å². The van der Waals surface area contributed by atoms with Crippen molar-refractivity contribution in [3.63, 3.8) is 0 Å². The number of nitriles is 2. The maximum atomic E-state index is 10.8. The molecule has 0 radical (unpaired) electrons. The Bertz CT molecular complexity index is 3070. The van der Waals surface area contributed by atoms with Gasteiger partial charge in [-0.2, -0.15) is 10.5 Å². The summed E-state index contributed by atoms with van der Waals surface area (Å²) in [5.74, 6) is 0. The lowest BCUT2D eigenvalue weighted by Gasteiger charge is -2.21. The summed E-state index contributed by atoms with van der Waals surface area (Å²) in [4.78, 5) is 0. The first kappa shape index (κ1) is 32.9. The third-order valence-electron chi connectivity index (χ3n) is 11.1. The third-order valence-corrected chi connectivity index (χ3v) is 11.1. The SMILES string of the molecule is Cc1ccc(-c2ccc3c4ccccc4n(-c4cc(C#N)cc(-n5c6ccccc6c6ccc(-c7ccc(C)cc7)cc65)c4-c4ccc(C#N)cc4)c3c2)cc1. The van der Waals surface area contributed by atoms with E-state index in [1.54, 1.807) is 0 Å². The fraction of sp³-hybridized carbons (Fsp3) is 0.0385. The minimum absolute atomic E-state index is 0.550. The lowest BCUT2D eigenvalue weighted by molar-refractivity contribution is 1.13. The number of benzene rings is 8. The topological polar surface area (TPSA) is 57.4 Å². The molecule has 0 amide bonds. The van der Waals surface area contributed by atoms with Crippen LogP contribution in [0.5, 0.6) is 0 Å². The summed E-state index contributed by atoms with van der Waals surface area (Å²) in [5.41, 5.74) is 15.9. The summed E-state index contributed by atoms with van der Waals surface area (Å²) in [6.45, 7) is 4.21. The molecule has 4 nitrogen and oxygen atoms in total. The second-order valence-corrected chi connectivity index (χ2v) is 14.6. The molecular formula is C52H34N4. The van der Waals surface area contributed by atoms with Crippen molar-refractivity contribution >= 4 is 43.6 Å². The average molecular weight is 715 g/mol. The number of hydrogen-bond acceptors (Lipinski definition) is 2. The molecule has 2 aromatic heterocycles. The Labute approximate surface area is 325 Å². The van der Waals surface area contributed by atoms with Crippen LogP contribution in [0.3, 0.4) is 0 Å². The van der Waals surface area contributed by atoms with Crippen molar-refractivity contribution in [2.24, 2.45) is 0 Å². The van der Waals surface area contributed by atoms with Gasteiger partial charge < -0.3 is 9.13 Å². The Morgan fingerprint density at radius 2 is 0.750 bits per heavy atom. The fourth-order valence-electron chi connectivity index (χ4n) is 8.35. The van der Waals surface area contributed by atoms with Gasteiger partial charge in [0.2, 0.25) is 0 Å². The van der Waals surface area contributed by atoms with E-state index in [-0.39, 0.29) is 0 Å². The van der Waals surface area contributed by atoms with E-state index < -0.39 is 0 Å². The lowest BCUT2D eigenvalue weighted by atomic mass is 9.97. The number of hydrogen-bond donors (Lipinski definition) is 0. The highest BCUT2D eigenvalue weighted by Gasteiger charge is 2.24. The van der Waals surface area contributed by atoms with Gasteiger partial charge in [-0.05, 0) is 90.2 Å². The van der Waals surface area contributed by atoms with Crippen molar-refractivity contribution in [3.8, 4) is 56.9 Å². The second-order valence-electron chi connectivity index (χ2n) is 14.6. The van der Waals surface area contributed by atoms with E-state index >= 15 is 0 Å². The molecule has 10 aromatic rings. The quantitative estimate of drug-likeness (QED) is 0.178. The van der Waals surface area contributed by atoms with Crippen molar-refractivity contribution in [2.45, 2.75) is 13.8 Å². The van der Waals surface area contributed by atoms with Crippen LogP contribution in [-0.4, -0.2) is 9.13 Å². The van der Waals surface area contributed by atoms with Gasteiger partial charge in [0.15, 0.2) is 0 Å². The van der Waals surface area contributed by atoms with Gasteiger partial charge in [0, 0.05) is 27.1 Å². The molecule has 0 spiro atoms. The zero-order chi connectivity index (χ0) is 37.9. The summed E-state index contributed by atoms with van der Waals surface area (Å²) in [7, 11) is 0. The molecule has 0 saturated carbocycles. The Balaban J connectivity index is 1.35. The van der Waals surface area contributed by atoms with Crippen molar-refractivity contribution in [3.05, 3.63) is 192 Å². The molecule has 10 rings (SSSR count).